The van der Waals surface area contributed by atoms with E-state index in [1.165, 1.54) is 11.8 Å². The van der Waals surface area contributed by atoms with Crippen molar-refractivity contribution in [3.8, 4) is 0 Å². The lowest BCUT2D eigenvalue weighted by molar-refractivity contribution is -0.133. The Labute approximate surface area is 144 Å². The zero-order valence-corrected chi connectivity index (χ0v) is 14.1. The van der Waals surface area contributed by atoms with Crippen LogP contribution in [0.1, 0.15) is 29.7 Å². The van der Waals surface area contributed by atoms with E-state index in [0.29, 0.717) is 17.1 Å². The van der Waals surface area contributed by atoms with E-state index < -0.39 is 5.56 Å². The van der Waals surface area contributed by atoms with Crippen LogP contribution in [0.5, 0.6) is 0 Å². The highest BCUT2D eigenvalue weighted by Crippen LogP contribution is 2.30. The summed E-state index contributed by atoms with van der Waals surface area (Å²) in [5.74, 6) is -0.0820. The third-order valence-electron chi connectivity index (χ3n) is 4.33. The minimum atomic E-state index is -0.434. The molecule has 3 rings (SSSR count). The van der Waals surface area contributed by atoms with Gasteiger partial charge in [-0.05, 0) is 24.5 Å². The van der Waals surface area contributed by atoms with Gasteiger partial charge in [0.25, 0.3) is 5.56 Å². The number of carbonyl (C=O) groups excluding carboxylic acids is 1. The smallest absolute Gasteiger partial charge is 0.267 e. The Morgan fingerprint density at radius 1 is 1.35 bits per heavy atom. The van der Waals surface area contributed by atoms with E-state index in [1.54, 1.807) is 0 Å². The number of rotatable bonds is 2. The molecule has 0 aliphatic carbocycles. The lowest BCUT2D eigenvalue weighted by atomic mass is 9.93. The van der Waals surface area contributed by atoms with E-state index in [4.69, 9.17) is 23.2 Å². The largest absolute Gasteiger partial charge is 0.335 e. The predicted molar refractivity (Wildman–Crippen MR) is 91.1 cm³/mol. The first-order valence-electron chi connectivity index (χ1n) is 7.42. The molecule has 23 heavy (non-hydrogen) atoms. The minimum Gasteiger partial charge on any atom is -0.335 e. The molecule has 0 unspecified atom stereocenters. The number of halogens is 2. The summed E-state index contributed by atoms with van der Waals surface area (Å²) in [6.07, 6.45) is 2.21. The van der Waals surface area contributed by atoms with Crippen LogP contribution in [0, 0.1) is 0 Å². The van der Waals surface area contributed by atoms with Crippen LogP contribution in [0.2, 0.25) is 10.0 Å². The van der Waals surface area contributed by atoms with Crippen molar-refractivity contribution in [2.24, 2.45) is 0 Å². The van der Waals surface area contributed by atoms with E-state index in [2.05, 4.69) is 11.1 Å². The van der Waals surface area contributed by atoms with Gasteiger partial charge in [-0.1, -0.05) is 47.5 Å². The van der Waals surface area contributed by atoms with E-state index in [0.717, 1.165) is 12.0 Å². The number of hydrogen-bond donors (Lipinski definition) is 1. The fourth-order valence-electron chi connectivity index (χ4n) is 3.05. The van der Waals surface area contributed by atoms with Crippen LogP contribution in [0.4, 0.5) is 0 Å². The quantitative estimate of drug-likeness (QED) is 0.902. The number of hydrogen-bond acceptors (Lipinski definition) is 2. The number of aromatic nitrogens is 1. The highest BCUT2D eigenvalue weighted by atomic mass is 35.5. The van der Waals surface area contributed by atoms with E-state index in [-0.39, 0.29) is 23.4 Å². The molecule has 2 aromatic rings. The zero-order valence-electron chi connectivity index (χ0n) is 12.6. The molecule has 0 fully saturated rings. The van der Waals surface area contributed by atoms with Gasteiger partial charge in [0.1, 0.15) is 5.02 Å². The number of benzene rings is 1. The zero-order chi connectivity index (χ0) is 16.6. The minimum absolute atomic E-state index is 0.00741. The van der Waals surface area contributed by atoms with Crippen LogP contribution < -0.4 is 5.56 Å². The number of nitrogens with zero attached hydrogens (tertiary/aromatic N) is 1. The fraction of sp³-hybridized carbons (Fsp3) is 0.294. The monoisotopic (exact) mass is 350 g/mol. The molecule has 4 nitrogen and oxygen atoms in total. The van der Waals surface area contributed by atoms with Crippen LogP contribution >= 0.6 is 23.2 Å². The van der Waals surface area contributed by atoms with Gasteiger partial charge in [-0.15, -0.1) is 0 Å². The standard InChI is InChI=1S/C17H16Cl2N2O2/c1-10-12-5-3-2-4-11(12)6-7-21(10)15(22)8-13-14(18)9-20-17(23)16(13)19/h2-5,9-10H,6-8H2,1H3,(H,20,23)/t10-/m0/s1. The topological polar surface area (TPSA) is 53.2 Å². The summed E-state index contributed by atoms with van der Waals surface area (Å²) in [4.78, 5) is 28.6. The predicted octanol–water partition coefficient (Wildman–Crippen LogP) is 3.37. The molecule has 0 saturated heterocycles. The number of aromatic amines is 1. The molecule has 0 saturated carbocycles. The van der Waals surface area contributed by atoms with Crippen molar-refractivity contribution in [2.75, 3.05) is 6.54 Å². The maximum Gasteiger partial charge on any atom is 0.267 e. The Kier molecular flexibility index (Phi) is 4.46. The van der Waals surface area contributed by atoms with Gasteiger partial charge >= 0.3 is 0 Å². The Morgan fingerprint density at radius 2 is 2.09 bits per heavy atom. The van der Waals surface area contributed by atoms with Crippen molar-refractivity contribution in [3.05, 3.63) is 67.6 Å². The lowest BCUT2D eigenvalue weighted by Gasteiger charge is -2.35. The number of carbonyl (C=O) groups is 1. The van der Waals surface area contributed by atoms with Gasteiger partial charge in [-0.2, -0.15) is 0 Å². The van der Waals surface area contributed by atoms with Gasteiger partial charge < -0.3 is 9.88 Å². The Morgan fingerprint density at radius 3 is 2.87 bits per heavy atom. The molecule has 6 heteroatoms. The maximum absolute atomic E-state index is 12.7. The molecule has 120 valence electrons. The maximum atomic E-state index is 12.7. The van der Waals surface area contributed by atoms with Crippen molar-refractivity contribution < 1.29 is 4.79 Å². The van der Waals surface area contributed by atoms with Crippen LogP contribution in [-0.2, 0) is 17.6 Å². The molecular formula is C17H16Cl2N2O2. The number of nitrogens with one attached hydrogen (secondary N) is 1. The molecule has 0 spiro atoms. The summed E-state index contributed by atoms with van der Waals surface area (Å²) in [6.45, 7) is 2.66. The lowest BCUT2D eigenvalue weighted by Crippen LogP contribution is -2.39. The van der Waals surface area contributed by atoms with Crippen LogP contribution in [0.15, 0.2) is 35.3 Å². The van der Waals surface area contributed by atoms with Crippen molar-refractivity contribution in [1.82, 2.24) is 9.88 Å². The number of fused-ring (bicyclic) bond motifs is 1. The van der Waals surface area contributed by atoms with Crippen LogP contribution in [-0.4, -0.2) is 22.3 Å². The third kappa shape index (κ3) is 3.01. The molecule has 1 amide bonds. The van der Waals surface area contributed by atoms with Gasteiger partial charge in [0.05, 0.1) is 17.5 Å². The third-order valence-corrected chi connectivity index (χ3v) is 5.06. The SMILES string of the molecule is C[C@H]1c2ccccc2CCN1C(=O)Cc1c(Cl)c[nH]c(=O)c1Cl. The molecule has 2 heterocycles. The Bertz CT molecular complexity index is 816. The van der Waals surface area contributed by atoms with Gasteiger partial charge in [0.15, 0.2) is 0 Å². The molecule has 1 aromatic heterocycles. The van der Waals surface area contributed by atoms with Gasteiger partial charge in [0.2, 0.25) is 5.91 Å². The molecule has 1 N–H and O–H groups in total. The van der Waals surface area contributed by atoms with Crippen molar-refractivity contribution in [3.63, 3.8) is 0 Å². The average Bonchev–Trinajstić information content (AvgIpc) is 2.55. The summed E-state index contributed by atoms with van der Waals surface area (Å²) in [5.41, 5.74) is 2.38. The van der Waals surface area contributed by atoms with Crippen molar-refractivity contribution in [2.45, 2.75) is 25.8 Å². The number of pyridine rings is 1. The Hall–Kier alpha value is -1.78. The second kappa shape index (κ2) is 6.38. The summed E-state index contributed by atoms with van der Waals surface area (Å²) in [7, 11) is 0. The molecule has 1 aromatic carbocycles. The van der Waals surface area contributed by atoms with Crippen molar-refractivity contribution in [1.29, 1.82) is 0 Å². The fourth-order valence-corrected chi connectivity index (χ4v) is 3.54. The van der Waals surface area contributed by atoms with E-state index in [1.807, 2.05) is 30.0 Å². The molecule has 0 bridgehead atoms. The Balaban J connectivity index is 1.86. The molecule has 0 radical (unpaired) electrons. The summed E-state index contributed by atoms with van der Waals surface area (Å²) in [6, 6.07) is 8.13. The second-order valence-corrected chi connectivity index (χ2v) is 6.43. The highest BCUT2D eigenvalue weighted by molar-refractivity contribution is 6.36. The van der Waals surface area contributed by atoms with Crippen LogP contribution in [0.25, 0.3) is 0 Å². The van der Waals surface area contributed by atoms with E-state index >= 15 is 0 Å². The summed E-state index contributed by atoms with van der Waals surface area (Å²) >= 11 is 12.1. The molecular weight excluding hydrogens is 335 g/mol. The first-order chi connectivity index (χ1) is 11.0. The highest BCUT2D eigenvalue weighted by Gasteiger charge is 2.28. The van der Waals surface area contributed by atoms with Gasteiger partial charge in [0, 0.05) is 18.3 Å². The summed E-state index contributed by atoms with van der Waals surface area (Å²) < 4.78 is 0. The normalized spacial score (nSPS) is 17.0. The molecule has 1 aliphatic rings. The van der Waals surface area contributed by atoms with Crippen molar-refractivity contribution >= 4 is 29.1 Å². The van der Waals surface area contributed by atoms with E-state index in [9.17, 15) is 9.59 Å². The number of H-pyrrole nitrogens is 1. The van der Waals surface area contributed by atoms with Crippen LogP contribution in [0.3, 0.4) is 0 Å². The summed E-state index contributed by atoms with van der Waals surface area (Å²) in [5, 5.41) is 0.281. The van der Waals surface area contributed by atoms with Gasteiger partial charge in [-0.25, -0.2) is 0 Å². The molecule has 1 atom stereocenters. The first-order valence-corrected chi connectivity index (χ1v) is 8.17. The first kappa shape index (κ1) is 16.1. The number of amides is 1. The average molecular weight is 351 g/mol. The van der Waals surface area contributed by atoms with Gasteiger partial charge in [-0.3, -0.25) is 9.59 Å². The second-order valence-electron chi connectivity index (χ2n) is 5.65. The molecule has 1 aliphatic heterocycles.